The Labute approximate surface area is 179 Å². The minimum atomic E-state index is -1.26. The normalized spacial score (nSPS) is 45.1. The maximum Gasteiger partial charge on any atom is 0.306 e. The molecular formula is C25H36O5. The lowest BCUT2D eigenvalue weighted by atomic mass is 9.48. The van der Waals surface area contributed by atoms with Crippen LogP contribution in [0.5, 0.6) is 0 Å². The third-order valence-corrected chi connectivity index (χ3v) is 9.50. The molecule has 0 aromatic heterocycles. The molecule has 5 heteroatoms. The number of ketones is 2. The summed E-state index contributed by atoms with van der Waals surface area (Å²) < 4.78 is 5.99. The van der Waals surface area contributed by atoms with Crippen molar-refractivity contribution in [2.75, 3.05) is 6.61 Å². The fraction of sp³-hybridized carbons (Fsp3) is 0.800. The lowest BCUT2D eigenvalue weighted by Gasteiger charge is -2.57. The summed E-state index contributed by atoms with van der Waals surface area (Å²) in [6.07, 6.45) is 8.37. The lowest BCUT2D eigenvalue weighted by molar-refractivity contribution is -0.190. The summed E-state index contributed by atoms with van der Waals surface area (Å²) >= 11 is 0. The minimum absolute atomic E-state index is 0.0632. The maximum atomic E-state index is 13.2. The van der Waals surface area contributed by atoms with Crippen LogP contribution < -0.4 is 0 Å². The molecule has 0 heterocycles. The first-order chi connectivity index (χ1) is 14.1. The van der Waals surface area contributed by atoms with Gasteiger partial charge in [0, 0.05) is 30.6 Å². The number of fused-ring (bicyclic) bond motifs is 5. The number of esters is 1. The van der Waals surface area contributed by atoms with E-state index in [-0.39, 0.29) is 35.4 Å². The largest absolute Gasteiger partial charge is 0.450 e. The van der Waals surface area contributed by atoms with Crippen LogP contribution >= 0.6 is 0 Å². The highest BCUT2D eigenvalue weighted by atomic mass is 16.6. The van der Waals surface area contributed by atoms with Crippen LogP contribution in [0.25, 0.3) is 0 Å². The summed E-state index contributed by atoms with van der Waals surface area (Å²) in [5, 5.41) is 9.83. The van der Waals surface area contributed by atoms with Crippen molar-refractivity contribution < 1.29 is 24.2 Å². The van der Waals surface area contributed by atoms with Crippen molar-refractivity contribution in [1.29, 1.82) is 0 Å². The standard InChI is InChI=1S/C25H36O5/c1-5-22(29)30-25(21(28)14-26)15(2)12-20-18-7-6-16-13-17(27)8-10-23(16,3)19(18)9-11-24(20,25)4/h9,15-16,18,20,26H,5-8,10-14H2,1-4H3/t15-,16-,18-,20+,23+,24+,25-/m1/s1. The van der Waals surface area contributed by atoms with E-state index in [4.69, 9.17) is 4.74 Å². The summed E-state index contributed by atoms with van der Waals surface area (Å²) in [7, 11) is 0. The first-order valence-corrected chi connectivity index (χ1v) is 11.7. The number of aliphatic hydroxyl groups is 1. The number of ether oxygens (including phenoxy) is 1. The molecule has 7 atom stereocenters. The molecule has 0 radical (unpaired) electrons. The SMILES string of the molecule is CCC(=O)O[C@@]1(C(=O)CO)[C@H](C)C[C@H]2[C@@H]3CC[C@@H]4CC(=O)CC[C@]4(C)C3=CC[C@@]21C. The molecule has 4 aliphatic rings. The van der Waals surface area contributed by atoms with Crippen LogP contribution in [0.15, 0.2) is 11.6 Å². The fourth-order valence-corrected chi connectivity index (χ4v) is 7.88. The zero-order chi connectivity index (χ0) is 21.9. The number of Topliss-reactive ketones (excluding diaryl/α,β-unsaturated/α-hetero) is 2. The van der Waals surface area contributed by atoms with Gasteiger partial charge in [-0.1, -0.05) is 39.3 Å². The van der Waals surface area contributed by atoms with Crippen molar-refractivity contribution in [2.45, 2.75) is 84.7 Å². The van der Waals surface area contributed by atoms with E-state index in [0.717, 1.165) is 25.7 Å². The van der Waals surface area contributed by atoms with Gasteiger partial charge in [-0.3, -0.25) is 14.4 Å². The quantitative estimate of drug-likeness (QED) is 0.553. The van der Waals surface area contributed by atoms with Crippen LogP contribution in [-0.4, -0.2) is 34.9 Å². The second-order valence-corrected chi connectivity index (χ2v) is 10.7. The van der Waals surface area contributed by atoms with Crippen molar-refractivity contribution in [3.63, 3.8) is 0 Å². The maximum absolute atomic E-state index is 13.2. The Morgan fingerprint density at radius 1 is 1.27 bits per heavy atom. The van der Waals surface area contributed by atoms with Gasteiger partial charge in [0.25, 0.3) is 0 Å². The molecule has 0 aromatic carbocycles. The Morgan fingerprint density at radius 3 is 2.67 bits per heavy atom. The Balaban J connectivity index is 1.77. The van der Waals surface area contributed by atoms with Gasteiger partial charge in [0.15, 0.2) is 5.60 Å². The predicted molar refractivity (Wildman–Crippen MR) is 112 cm³/mol. The average Bonchev–Trinajstić information content (AvgIpc) is 2.95. The topological polar surface area (TPSA) is 80.7 Å². The first kappa shape index (κ1) is 21.7. The van der Waals surface area contributed by atoms with Crippen LogP contribution in [0.3, 0.4) is 0 Å². The van der Waals surface area contributed by atoms with E-state index in [1.165, 1.54) is 5.57 Å². The molecule has 3 saturated carbocycles. The molecule has 0 saturated heterocycles. The molecule has 166 valence electrons. The smallest absolute Gasteiger partial charge is 0.306 e. The molecule has 4 aliphatic carbocycles. The summed E-state index contributed by atoms with van der Waals surface area (Å²) in [4.78, 5) is 37.7. The first-order valence-electron chi connectivity index (χ1n) is 11.7. The Bertz CT molecular complexity index is 799. The molecular weight excluding hydrogens is 380 g/mol. The Morgan fingerprint density at radius 2 is 2.00 bits per heavy atom. The van der Waals surface area contributed by atoms with Crippen LogP contribution in [-0.2, 0) is 19.1 Å². The second-order valence-electron chi connectivity index (χ2n) is 10.7. The highest BCUT2D eigenvalue weighted by molar-refractivity contribution is 5.92. The second kappa shape index (κ2) is 7.29. The van der Waals surface area contributed by atoms with E-state index < -0.39 is 17.6 Å². The molecule has 0 unspecified atom stereocenters. The van der Waals surface area contributed by atoms with Gasteiger partial charge in [-0.2, -0.15) is 0 Å². The van der Waals surface area contributed by atoms with E-state index in [0.29, 0.717) is 36.9 Å². The Kier molecular flexibility index (Phi) is 5.28. The van der Waals surface area contributed by atoms with Gasteiger partial charge in [-0.05, 0) is 55.3 Å². The van der Waals surface area contributed by atoms with Crippen LogP contribution in [0.2, 0.25) is 0 Å². The lowest BCUT2D eigenvalue weighted by Crippen LogP contribution is -2.60. The van der Waals surface area contributed by atoms with E-state index in [1.54, 1.807) is 6.92 Å². The van der Waals surface area contributed by atoms with Crippen LogP contribution in [0.1, 0.15) is 79.1 Å². The van der Waals surface area contributed by atoms with E-state index in [9.17, 15) is 19.5 Å². The van der Waals surface area contributed by atoms with Crippen molar-refractivity contribution in [3.8, 4) is 0 Å². The number of hydrogen-bond acceptors (Lipinski definition) is 5. The number of carbonyl (C=O) groups excluding carboxylic acids is 3. The monoisotopic (exact) mass is 416 g/mol. The molecule has 5 nitrogen and oxygen atoms in total. The summed E-state index contributed by atoms with van der Waals surface area (Å²) in [5.41, 5.74) is -0.232. The van der Waals surface area contributed by atoms with Crippen molar-refractivity contribution in [1.82, 2.24) is 0 Å². The van der Waals surface area contributed by atoms with Gasteiger partial charge in [0.1, 0.15) is 12.4 Å². The van der Waals surface area contributed by atoms with Crippen LogP contribution in [0.4, 0.5) is 0 Å². The molecule has 1 N–H and O–H groups in total. The van der Waals surface area contributed by atoms with Gasteiger partial charge in [-0.15, -0.1) is 0 Å². The third kappa shape index (κ3) is 2.73. The van der Waals surface area contributed by atoms with E-state index in [2.05, 4.69) is 19.9 Å². The van der Waals surface area contributed by atoms with Crippen molar-refractivity contribution >= 4 is 17.5 Å². The Hall–Kier alpha value is -1.49. The zero-order valence-electron chi connectivity index (χ0n) is 18.8. The molecule has 0 amide bonds. The molecule has 30 heavy (non-hydrogen) atoms. The third-order valence-electron chi connectivity index (χ3n) is 9.50. The zero-order valence-corrected chi connectivity index (χ0v) is 18.8. The van der Waals surface area contributed by atoms with E-state index >= 15 is 0 Å². The fourth-order valence-electron chi connectivity index (χ4n) is 7.88. The molecule has 0 spiro atoms. The highest BCUT2D eigenvalue weighted by Crippen LogP contribution is 2.68. The average molecular weight is 417 g/mol. The van der Waals surface area contributed by atoms with E-state index in [1.807, 2.05) is 6.92 Å². The molecule has 0 aromatic rings. The van der Waals surface area contributed by atoms with Crippen molar-refractivity contribution in [2.24, 2.45) is 34.5 Å². The van der Waals surface area contributed by atoms with Crippen LogP contribution in [0, 0.1) is 34.5 Å². The number of hydrogen-bond donors (Lipinski definition) is 1. The van der Waals surface area contributed by atoms with Gasteiger partial charge in [-0.25, -0.2) is 0 Å². The number of allylic oxidation sites excluding steroid dienone is 2. The molecule has 0 bridgehead atoms. The summed E-state index contributed by atoms with van der Waals surface area (Å²) in [5.74, 6) is 0.548. The molecule has 3 fully saturated rings. The van der Waals surface area contributed by atoms with Crippen molar-refractivity contribution in [3.05, 3.63) is 11.6 Å². The highest BCUT2D eigenvalue weighted by Gasteiger charge is 2.70. The predicted octanol–water partition coefficient (Wildman–Crippen LogP) is 4.02. The number of carbonyl (C=O) groups is 3. The number of aliphatic hydroxyl groups excluding tert-OH is 1. The van der Waals surface area contributed by atoms with Gasteiger partial charge in [0.05, 0.1) is 0 Å². The summed E-state index contributed by atoms with van der Waals surface area (Å²) in [6.45, 7) is 7.58. The number of rotatable bonds is 4. The van der Waals surface area contributed by atoms with Gasteiger partial charge in [0.2, 0.25) is 5.78 Å². The summed E-state index contributed by atoms with van der Waals surface area (Å²) in [6, 6.07) is 0. The van der Waals surface area contributed by atoms with Gasteiger partial charge < -0.3 is 9.84 Å². The molecule has 0 aliphatic heterocycles. The minimum Gasteiger partial charge on any atom is -0.450 e. The van der Waals surface area contributed by atoms with Gasteiger partial charge >= 0.3 is 5.97 Å². The molecule has 4 rings (SSSR count).